The van der Waals surface area contributed by atoms with E-state index in [0.717, 1.165) is 12.1 Å². The van der Waals surface area contributed by atoms with Crippen molar-refractivity contribution in [1.82, 2.24) is 0 Å². The Morgan fingerprint density at radius 1 is 0.967 bits per heavy atom. The second-order valence-electron chi connectivity index (χ2n) is 6.84. The van der Waals surface area contributed by atoms with Crippen LogP contribution in [0, 0.1) is 0 Å². The van der Waals surface area contributed by atoms with Crippen LogP contribution in [0.5, 0.6) is 23.0 Å². The lowest BCUT2D eigenvalue weighted by molar-refractivity contribution is -0.242. The minimum absolute atomic E-state index is 0.0312. The molecule has 0 amide bonds. The van der Waals surface area contributed by atoms with Crippen LogP contribution in [0.15, 0.2) is 45.6 Å². The zero-order valence-corrected chi connectivity index (χ0v) is 15.3. The van der Waals surface area contributed by atoms with Crippen LogP contribution in [0.3, 0.4) is 0 Å². The molecule has 158 valence electrons. The monoisotopic (exact) mass is 418 g/mol. The van der Waals surface area contributed by atoms with Gasteiger partial charge in [0.05, 0.1) is 6.61 Å². The Labute approximate surface area is 168 Å². The van der Waals surface area contributed by atoms with Gasteiger partial charge in [-0.15, -0.1) is 0 Å². The average Bonchev–Trinajstić information content (AvgIpc) is 2.70. The third-order valence-electron chi connectivity index (χ3n) is 4.77. The second kappa shape index (κ2) is 7.50. The SMILES string of the molecule is O=c1cc(-c2ccc(O)cc2)oc2cc(O)c(O[C@H]3OC[C@H](O)[C@H](O)[C@H]3O)c(O)c12. The summed E-state index contributed by atoms with van der Waals surface area (Å²) in [4.78, 5) is 12.6. The van der Waals surface area contributed by atoms with E-state index in [-0.39, 0.29) is 29.1 Å². The molecule has 0 saturated carbocycles. The molecule has 1 saturated heterocycles. The predicted octanol–water partition coefficient (Wildman–Crippen LogP) is 0.395. The van der Waals surface area contributed by atoms with Gasteiger partial charge in [-0.3, -0.25) is 4.79 Å². The molecule has 1 fully saturated rings. The summed E-state index contributed by atoms with van der Waals surface area (Å²) in [5, 5.41) is 59.1. The Bertz CT molecular complexity index is 1140. The molecule has 30 heavy (non-hydrogen) atoms. The molecule has 1 aliphatic rings. The first-order chi connectivity index (χ1) is 14.3. The van der Waals surface area contributed by atoms with Crippen LogP contribution in [0.2, 0.25) is 0 Å². The minimum atomic E-state index is -1.67. The topological polar surface area (TPSA) is 170 Å². The van der Waals surface area contributed by atoms with Crippen LogP contribution >= 0.6 is 0 Å². The Kier molecular flexibility index (Phi) is 5.00. The number of phenols is 3. The summed E-state index contributed by atoms with van der Waals surface area (Å²) < 4.78 is 16.0. The van der Waals surface area contributed by atoms with Crippen LogP contribution in [0.4, 0.5) is 0 Å². The number of hydrogen-bond donors (Lipinski definition) is 6. The molecule has 6 N–H and O–H groups in total. The van der Waals surface area contributed by atoms with Gasteiger partial charge in [0.1, 0.15) is 40.8 Å². The first-order valence-corrected chi connectivity index (χ1v) is 8.91. The van der Waals surface area contributed by atoms with Crippen molar-refractivity contribution < 1.29 is 44.5 Å². The van der Waals surface area contributed by atoms with Gasteiger partial charge < -0.3 is 44.5 Å². The quantitative estimate of drug-likeness (QED) is 0.350. The van der Waals surface area contributed by atoms with Crippen molar-refractivity contribution >= 4 is 11.0 Å². The van der Waals surface area contributed by atoms with Gasteiger partial charge in [-0.25, -0.2) is 0 Å². The van der Waals surface area contributed by atoms with E-state index in [9.17, 15) is 35.4 Å². The number of benzene rings is 2. The van der Waals surface area contributed by atoms with Crippen molar-refractivity contribution in [1.29, 1.82) is 0 Å². The maximum absolute atomic E-state index is 12.6. The second-order valence-corrected chi connectivity index (χ2v) is 6.84. The van der Waals surface area contributed by atoms with Crippen LogP contribution in [-0.2, 0) is 4.74 Å². The van der Waals surface area contributed by atoms with E-state index in [4.69, 9.17) is 13.9 Å². The molecule has 1 aliphatic heterocycles. The van der Waals surface area contributed by atoms with Gasteiger partial charge in [0.2, 0.25) is 12.0 Å². The fourth-order valence-corrected chi connectivity index (χ4v) is 3.15. The van der Waals surface area contributed by atoms with E-state index >= 15 is 0 Å². The molecule has 10 heteroatoms. The molecule has 0 unspecified atom stereocenters. The number of ether oxygens (including phenoxy) is 2. The lowest BCUT2D eigenvalue weighted by atomic mass is 10.1. The van der Waals surface area contributed by atoms with Crippen LogP contribution in [0.25, 0.3) is 22.3 Å². The predicted molar refractivity (Wildman–Crippen MR) is 101 cm³/mol. The van der Waals surface area contributed by atoms with Crippen molar-refractivity contribution in [3.63, 3.8) is 0 Å². The van der Waals surface area contributed by atoms with Crippen molar-refractivity contribution in [2.75, 3.05) is 6.61 Å². The van der Waals surface area contributed by atoms with Crippen LogP contribution < -0.4 is 10.2 Å². The average molecular weight is 418 g/mol. The van der Waals surface area contributed by atoms with Crippen LogP contribution in [0.1, 0.15) is 0 Å². The standard InChI is InChI=1S/C20H18O10/c21-9-3-1-8(2-4-9)13-5-10(22)15-14(29-13)6-11(23)19(17(15)26)30-20-18(27)16(25)12(24)7-28-20/h1-6,12,16,18,20-21,23-27H,7H2/t12-,16-,18+,20+/m0/s1. The fraction of sp³-hybridized carbons (Fsp3) is 0.250. The van der Waals surface area contributed by atoms with E-state index in [1.165, 1.54) is 24.3 Å². The Hall–Kier alpha value is -3.31. The third kappa shape index (κ3) is 3.42. The summed E-state index contributed by atoms with van der Waals surface area (Å²) >= 11 is 0. The van der Waals surface area contributed by atoms with E-state index in [0.29, 0.717) is 5.56 Å². The number of fused-ring (bicyclic) bond motifs is 1. The Morgan fingerprint density at radius 2 is 1.67 bits per heavy atom. The van der Waals surface area contributed by atoms with Gasteiger partial charge in [0.15, 0.2) is 16.9 Å². The first-order valence-electron chi connectivity index (χ1n) is 8.91. The maximum atomic E-state index is 12.6. The molecule has 2 aromatic carbocycles. The van der Waals surface area contributed by atoms with Crippen LogP contribution in [-0.4, -0.2) is 61.8 Å². The van der Waals surface area contributed by atoms with Crippen molar-refractivity contribution in [3.8, 4) is 34.3 Å². The van der Waals surface area contributed by atoms with Crippen molar-refractivity contribution in [2.45, 2.75) is 24.6 Å². The molecule has 4 atom stereocenters. The Balaban J connectivity index is 1.75. The largest absolute Gasteiger partial charge is 0.508 e. The van der Waals surface area contributed by atoms with Gasteiger partial charge in [-0.1, -0.05) is 0 Å². The number of hydrogen-bond acceptors (Lipinski definition) is 10. The zero-order chi connectivity index (χ0) is 21.6. The number of rotatable bonds is 3. The molecule has 0 spiro atoms. The van der Waals surface area contributed by atoms with E-state index in [2.05, 4.69) is 0 Å². The molecule has 0 aliphatic carbocycles. The molecule has 1 aromatic heterocycles. The molecular weight excluding hydrogens is 400 g/mol. The highest BCUT2D eigenvalue weighted by atomic mass is 16.7. The zero-order valence-electron chi connectivity index (χ0n) is 15.3. The number of aliphatic hydroxyl groups is 3. The van der Waals surface area contributed by atoms with Gasteiger partial charge >= 0.3 is 0 Å². The molecule has 4 rings (SSSR count). The summed E-state index contributed by atoms with van der Waals surface area (Å²) in [5.41, 5.74) is -0.284. The summed E-state index contributed by atoms with van der Waals surface area (Å²) in [7, 11) is 0. The van der Waals surface area contributed by atoms with Gasteiger partial charge in [-0.05, 0) is 24.3 Å². The van der Waals surface area contributed by atoms with Crippen molar-refractivity contribution in [2.24, 2.45) is 0 Å². The normalized spacial score (nSPS) is 24.1. The lowest BCUT2D eigenvalue weighted by Crippen LogP contribution is -2.54. The summed E-state index contributed by atoms with van der Waals surface area (Å²) in [6.07, 6.45) is -6.08. The lowest BCUT2D eigenvalue weighted by Gasteiger charge is -2.35. The highest BCUT2D eigenvalue weighted by molar-refractivity contribution is 5.89. The molecule has 0 radical (unpaired) electrons. The molecular formula is C20H18O10. The first kappa shape index (κ1) is 20.0. The highest BCUT2D eigenvalue weighted by Crippen LogP contribution is 2.43. The highest BCUT2D eigenvalue weighted by Gasteiger charge is 2.40. The smallest absolute Gasteiger partial charge is 0.229 e. The summed E-state index contributed by atoms with van der Waals surface area (Å²) in [6, 6.07) is 8.05. The third-order valence-corrected chi connectivity index (χ3v) is 4.77. The summed E-state index contributed by atoms with van der Waals surface area (Å²) in [5.74, 6) is -1.73. The number of aliphatic hydroxyl groups excluding tert-OH is 3. The fourth-order valence-electron chi connectivity index (χ4n) is 3.15. The van der Waals surface area contributed by atoms with Gasteiger partial charge in [-0.2, -0.15) is 0 Å². The van der Waals surface area contributed by atoms with Crippen molar-refractivity contribution in [3.05, 3.63) is 46.6 Å². The molecule has 0 bridgehead atoms. The maximum Gasteiger partial charge on any atom is 0.229 e. The minimum Gasteiger partial charge on any atom is -0.508 e. The van der Waals surface area contributed by atoms with E-state index in [1.807, 2.05) is 0 Å². The van der Waals surface area contributed by atoms with E-state index in [1.54, 1.807) is 0 Å². The Morgan fingerprint density at radius 3 is 2.37 bits per heavy atom. The number of phenolic OH excluding ortho intramolecular Hbond substituents is 3. The van der Waals surface area contributed by atoms with Gasteiger partial charge in [0, 0.05) is 17.7 Å². The molecule has 2 heterocycles. The molecule has 10 nitrogen and oxygen atoms in total. The van der Waals surface area contributed by atoms with E-state index < -0.39 is 47.3 Å². The molecule has 3 aromatic rings. The summed E-state index contributed by atoms with van der Waals surface area (Å²) in [6.45, 7) is -0.351. The van der Waals surface area contributed by atoms with Gasteiger partial charge in [0.25, 0.3) is 0 Å². The number of aromatic hydroxyl groups is 3.